The zero-order chi connectivity index (χ0) is 15.7. The van der Waals surface area contributed by atoms with Crippen LogP contribution in [0.25, 0.3) is 0 Å². The smallest absolute Gasteiger partial charge is 0.0991 e. The minimum Gasteiger partial charge on any atom is -0.385 e. The van der Waals surface area contributed by atoms with Gasteiger partial charge in [-0.2, -0.15) is 5.26 Å². The maximum atomic E-state index is 10.7. The largest absolute Gasteiger partial charge is 0.385 e. The first kappa shape index (κ1) is 15.7. The van der Waals surface area contributed by atoms with Crippen LogP contribution >= 0.6 is 11.3 Å². The van der Waals surface area contributed by atoms with E-state index in [0.29, 0.717) is 12.0 Å². The van der Waals surface area contributed by atoms with Crippen LogP contribution in [0.2, 0.25) is 0 Å². The topological polar surface area (TPSA) is 56.9 Å². The molecule has 0 aliphatic carbocycles. The molecule has 21 heavy (non-hydrogen) atoms. The number of rotatable bonds is 3. The fourth-order valence-electron chi connectivity index (χ4n) is 2.06. The first-order chi connectivity index (χ1) is 9.72. The summed E-state index contributed by atoms with van der Waals surface area (Å²) in [5, 5.41) is 22.7. The van der Waals surface area contributed by atoms with Gasteiger partial charge < -0.3 is 5.11 Å². The zero-order valence-electron chi connectivity index (χ0n) is 12.8. The molecule has 0 fully saturated rings. The van der Waals surface area contributed by atoms with E-state index in [0.717, 1.165) is 16.3 Å². The Labute approximate surface area is 129 Å². The van der Waals surface area contributed by atoms with Crippen LogP contribution in [0, 0.1) is 11.3 Å². The van der Waals surface area contributed by atoms with Gasteiger partial charge >= 0.3 is 0 Å². The highest BCUT2D eigenvalue weighted by molar-refractivity contribution is 7.09. The molecule has 0 saturated carbocycles. The van der Waals surface area contributed by atoms with E-state index in [1.54, 1.807) is 36.5 Å². The maximum Gasteiger partial charge on any atom is 0.0991 e. The minimum absolute atomic E-state index is 0.0152. The Balaban J connectivity index is 2.24. The molecule has 1 unspecified atom stereocenters. The highest BCUT2D eigenvalue weighted by atomic mass is 32.1. The zero-order valence-corrected chi connectivity index (χ0v) is 13.7. The van der Waals surface area contributed by atoms with Gasteiger partial charge in [0.05, 0.1) is 27.9 Å². The van der Waals surface area contributed by atoms with E-state index in [1.165, 1.54) is 0 Å². The quantitative estimate of drug-likeness (QED) is 0.939. The molecular formula is C17H20N2OS. The molecule has 1 atom stereocenters. The Morgan fingerprint density at radius 3 is 2.57 bits per heavy atom. The molecule has 110 valence electrons. The van der Waals surface area contributed by atoms with Gasteiger partial charge in [0, 0.05) is 17.2 Å². The number of aliphatic hydroxyl groups is 1. The maximum absolute atomic E-state index is 10.7. The lowest BCUT2D eigenvalue weighted by molar-refractivity contribution is 0.0575. The third kappa shape index (κ3) is 3.69. The van der Waals surface area contributed by atoms with Gasteiger partial charge in [-0.15, -0.1) is 11.3 Å². The molecule has 0 bridgehead atoms. The Hall–Kier alpha value is -1.70. The van der Waals surface area contributed by atoms with Gasteiger partial charge in [0.1, 0.15) is 0 Å². The number of nitrogens with zero attached hydrogens (tertiary/aromatic N) is 2. The Kier molecular flexibility index (Phi) is 4.18. The fraction of sp³-hybridized carbons (Fsp3) is 0.412. The summed E-state index contributed by atoms with van der Waals surface area (Å²) >= 11 is 1.57. The van der Waals surface area contributed by atoms with Crippen LogP contribution in [0.5, 0.6) is 0 Å². The van der Waals surface area contributed by atoms with E-state index in [1.807, 2.05) is 6.07 Å². The number of nitriles is 1. The number of hydrogen-bond acceptors (Lipinski definition) is 4. The average molecular weight is 300 g/mol. The number of hydrogen-bond donors (Lipinski definition) is 1. The molecule has 2 rings (SSSR count). The van der Waals surface area contributed by atoms with E-state index in [9.17, 15) is 5.11 Å². The molecule has 1 aromatic heterocycles. The molecule has 1 N–H and O–H groups in total. The van der Waals surface area contributed by atoms with Crippen molar-refractivity contribution < 1.29 is 5.11 Å². The van der Waals surface area contributed by atoms with Gasteiger partial charge in [-0.3, -0.25) is 0 Å². The summed E-state index contributed by atoms with van der Waals surface area (Å²) in [5.41, 5.74) is 1.33. The summed E-state index contributed by atoms with van der Waals surface area (Å²) in [4.78, 5) is 4.63. The minimum atomic E-state index is -1.03. The van der Waals surface area contributed by atoms with Crippen molar-refractivity contribution in [3.05, 3.63) is 51.5 Å². The van der Waals surface area contributed by atoms with E-state index in [4.69, 9.17) is 5.26 Å². The Bertz CT molecular complexity index is 675. The van der Waals surface area contributed by atoms with Gasteiger partial charge in [0.15, 0.2) is 0 Å². The van der Waals surface area contributed by atoms with Crippen LogP contribution in [0.3, 0.4) is 0 Å². The van der Waals surface area contributed by atoms with Crippen LogP contribution in [0.1, 0.15) is 49.5 Å². The summed E-state index contributed by atoms with van der Waals surface area (Å²) in [5.74, 6) is 0. The van der Waals surface area contributed by atoms with Crippen molar-refractivity contribution in [3.63, 3.8) is 0 Å². The standard InChI is InChI=1S/C17H20N2OS/c1-16(2,3)14-11-21-15(19-14)9-17(4,20)13-7-5-6-12(8-13)10-18/h5-8,11,20H,9H2,1-4H3. The summed E-state index contributed by atoms with van der Waals surface area (Å²) in [6.45, 7) is 8.14. The summed E-state index contributed by atoms with van der Waals surface area (Å²) in [6.07, 6.45) is 0.447. The van der Waals surface area contributed by atoms with Crippen LogP contribution < -0.4 is 0 Å². The molecule has 4 heteroatoms. The molecule has 2 aromatic rings. The molecule has 0 aliphatic heterocycles. The van der Waals surface area contributed by atoms with Crippen molar-refractivity contribution in [2.45, 2.75) is 45.1 Å². The second-order valence-corrected chi connectivity index (χ2v) is 7.46. The highest BCUT2D eigenvalue weighted by Gasteiger charge is 2.26. The summed E-state index contributed by atoms with van der Waals surface area (Å²) in [7, 11) is 0. The highest BCUT2D eigenvalue weighted by Crippen LogP contribution is 2.30. The number of thiazole rings is 1. The van der Waals surface area contributed by atoms with Crippen LogP contribution in [0.15, 0.2) is 29.6 Å². The van der Waals surface area contributed by atoms with Gasteiger partial charge in [-0.25, -0.2) is 4.98 Å². The molecule has 0 amide bonds. The second kappa shape index (κ2) is 5.59. The predicted octanol–water partition coefficient (Wildman–Crippen LogP) is 3.76. The summed E-state index contributed by atoms with van der Waals surface area (Å²) in [6, 6.07) is 9.22. The molecule has 0 spiro atoms. The second-order valence-electron chi connectivity index (χ2n) is 6.52. The van der Waals surface area contributed by atoms with Crippen molar-refractivity contribution in [2.75, 3.05) is 0 Å². The van der Waals surface area contributed by atoms with Gasteiger partial charge in [0.2, 0.25) is 0 Å². The molecule has 0 saturated heterocycles. The average Bonchev–Trinajstić information content (AvgIpc) is 2.86. The summed E-state index contributed by atoms with van der Waals surface area (Å²) < 4.78 is 0. The lowest BCUT2D eigenvalue weighted by atomic mass is 9.91. The monoisotopic (exact) mass is 300 g/mol. The van der Waals surface area contributed by atoms with Gasteiger partial charge in [-0.1, -0.05) is 32.9 Å². The van der Waals surface area contributed by atoms with Crippen molar-refractivity contribution in [1.82, 2.24) is 4.98 Å². The van der Waals surface area contributed by atoms with Crippen LogP contribution in [0.4, 0.5) is 0 Å². The first-order valence-electron chi connectivity index (χ1n) is 6.90. The molecule has 0 aliphatic rings. The van der Waals surface area contributed by atoms with Gasteiger partial charge in [0.25, 0.3) is 0 Å². The van der Waals surface area contributed by atoms with E-state index < -0.39 is 5.60 Å². The van der Waals surface area contributed by atoms with Crippen molar-refractivity contribution in [1.29, 1.82) is 5.26 Å². The number of aromatic nitrogens is 1. The SMILES string of the molecule is CC(C)(C)c1csc(CC(C)(O)c2cccc(C#N)c2)n1. The van der Waals surface area contributed by atoms with Gasteiger partial charge in [-0.05, 0) is 24.6 Å². The lowest BCUT2D eigenvalue weighted by Gasteiger charge is -2.23. The van der Waals surface area contributed by atoms with Crippen LogP contribution in [-0.4, -0.2) is 10.1 Å². The molecule has 3 nitrogen and oxygen atoms in total. The third-order valence-corrected chi connectivity index (χ3v) is 4.28. The third-order valence-electron chi connectivity index (χ3n) is 3.43. The number of benzene rings is 1. The fourth-order valence-corrected chi connectivity index (χ4v) is 3.23. The van der Waals surface area contributed by atoms with Crippen LogP contribution in [-0.2, 0) is 17.4 Å². The van der Waals surface area contributed by atoms with E-state index >= 15 is 0 Å². The normalized spacial score (nSPS) is 14.5. The lowest BCUT2D eigenvalue weighted by Crippen LogP contribution is -2.24. The molecule has 1 heterocycles. The molecule has 1 aromatic carbocycles. The van der Waals surface area contributed by atoms with Crippen molar-refractivity contribution in [2.24, 2.45) is 0 Å². The first-order valence-corrected chi connectivity index (χ1v) is 7.78. The van der Waals surface area contributed by atoms with E-state index in [-0.39, 0.29) is 5.41 Å². The Morgan fingerprint density at radius 1 is 1.29 bits per heavy atom. The predicted molar refractivity (Wildman–Crippen MR) is 85.2 cm³/mol. The Morgan fingerprint density at radius 2 is 2.00 bits per heavy atom. The molecular weight excluding hydrogens is 280 g/mol. The molecule has 0 radical (unpaired) electrons. The van der Waals surface area contributed by atoms with Crippen molar-refractivity contribution in [3.8, 4) is 6.07 Å². The van der Waals surface area contributed by atoms with Crippen molar-refractivity contribution >= 4 is 11.3 Å². The van der Waals surface area contributed by atoms with E-state index in [2.05, 4.69) is 37.2 Å².